The maximum Gasteiger partial charge on any atom is 0.417 e. The van der Waals surface area contributed by atoms with Gasteiger partial charge >= 0.3 is 6.18 Å². The molecule has 0 saturated heterocycles. The van der Waals surface area contributed by atoms with E-state index < -0.39 is 11.7 Å². The molecule has 2 aromatic rings. The van der Waals surface area contributed by atoms with Crippen LogP contribution in [0.3, 0.4) is 0 Å². The minimum Gasteiger partial charge on any atom is -0.461 e. The summed E-state index contributed by atoms with van der Waals surface area (Å²) >= 11 is 0. The number of benzene rings is 1. The van der Waals surface area contributed by atoms with Crippen molar-refractivity contribution in [1.29, 1.82) is 0 Å². The molecule has 16 heavy (non-hydrogen) atoms. The van der Waals surface area contributed by atoms with Crippen LogP contribution < -0.4 is 0 Å². The zero-order valence-electron chi connectivity index (χ0n) is 8.21. The second-order valence-electron chi connectivity index (χ2n) is 3.31. The second-order valence-corrected chi connectivity index (χ2v) is 3.31. The third-order valence-corrected chi connectivity index (χ3v) is 2.16. The van der Waals surface area contributed by atoms with Crippen molar-refractivity contribution in [2.75, 3.05) is 0 Å². The fraction of sp³-hybridized carbons (Fsp3) is 0.0833. The molecular formula is C12H8F3O. The molecule has 1 aromatic heterocycles. The van der Waals surface area contributed by atoms with Crippen LogP contribution in [0.15, 0.2) is 40.8 Å². The Morgan fingerprint density at radius 3 is 2.25 bits per heavy atom. The van der Waals surface area contributed by atoms with Crippen molar-refractivity contribution >= 4 is 0 Å². The Balaban J connectivity index is 2.57. The van der Waals surface area contributed by atoms with Crippen molar-refractivity contribution < 1.29 is 17.6 Å². The number of hydrogen-bond donors (Lipinski definition) is 0. The first-order valence-electron chi connectivity index (χ1n) is 4.57. The monoisotopic (exact) mass is 225 g/mol. The zero-order valence-corrected chi connectivity index (χ0v) is 8.21. The minimum absolute atomic E-state index is 0.0323. The highest BCUT2D eigenvalue weighted by Gasteiger charge is 2.33. The molecule has 0 aliphatic rings. The third-order valence-electron chi connectivity index (χ3n) is 2.16. The first kappa shape index (κ1) is 10.8. The van der Waals surface area contributed by atoms with Crippen LogP contribution in [-0.2, 0) is 6.18 Å². The molecule has 1 heterocycles. The van der Waals surface area contributed by atoms with Gasteiger partial charge in [-0.2, -0.15) is 13.2 Å². The van der Waals surface area contributed by atoms with Gasteiger partial charge in [0.05, 0.1) is 5.56 Å². The van der Waals surface area contributed by atoms with Crippen molar-refractivity contribution in [2.24, 2.45) is 0 Å². The van der Waals surface area contributed by atoms with Crippen LogP contribution in [-0.4, -0.2) is 0 Å². The van der Waals surface area contributed by atoms with Crippen LogP contribution in [0.25, 0.3) is 11.3 Å². The van der Waals surface area contributed by atoms with E-state index in [4.69, 9.17) is 4.42 Å². The lowest BCUT2D eigenvalue weighted by Gasteiger charge is -2.10. The third kappa shape index (κ3) is 1.96. The summed E-state index contributed by atoms with van der Waals surface area (Å²) in [4.78, 5) is 0. The van der Waals surface area contributed by atoms with Crippen LogP contribution >= 0.6 is 0 Å². The Morgan fingerprint density at radius 1 is 1.00 bits per heavy atom. The molecule has 1 radical (unpaired) electrons. The molecule has 0 fully saturated rings. The number of furan rings is 1. The van der Waals surface area contributed by atoms with E-state index in [0.717, 1.165) is 6.07 Å². The maximum atomic E-state index is 12.7. The quantitative estimate of drug-likeness (QED) is 0.710. The van der Waals surface area contributed by atoms with E-state index in [-0.39, 0.29) is 11.3 Å². The highest BCUT2D eigenvalue weighted by Crippen LogP contribution is 2.37. The fourth-order valence-electron chi connectivity index (χ4n) is 1.47. The summed E-state index contributed by atoms with van der Waals surface area (Å²) in [6, 6.07) is 8.30. The summed E-state index contributed by atoms with van der Waals surface area (Å²) in [6.45, 7) is 3.51. The van der Waals surface area contributed by atoms with Crippen molar-refractivity contribution in [3.63, 3.8) is 0 Å². The summed E-state index contributed by atoms with van der Waals surface area (Å²) < 4.78 is 43.1. The van der Waals surface area contributed by atoms with Gasteiger partial charge in [0.15, 0.2) is 0 Å². The van der Waals surface area contributed by atoms with Gasteiger partial charge in [0.2, 0.25) is 0 Å². The number of hydrogen-bond acceptors (Lipinski definition) is 1. The Labute approximate surface area is 90.5 Å². The molecule has 0 aliphatic heterocycles. The predicted molar refractivity (Wildman–Crippen MR) is 53.6 cm³/mol. The fourth-order valence-corrected chi connectivity index (χ4v) is 1.47. The molecular weight excluding hydrogens is 217 g/mol. The molecule has 0 N–H and O–H groups in total. The molecule has 0 amide bonds. The minimum atomic E-state index is -4.38. The normalized spacial score (nSPS) is 11.8. The van der Waals surface area contributed by atoms with E-state index in [1.54, 1.807) is 0 Å². The first-order chi connectivity index (χ1) is 7.48. The average Bonchev–Trinajstić information content (AvgIpc) is 2.64. The molecule has 4 heteroatoms. The Morgan fingerprint density at radius 2 is 1.69 bits per heavy atom. The average molecular weight is 225 g/mol. The van der Waals surface area contributed by atoms with Crippen LogP contribution in [0.4, 0.5) is 13.2 Å². The molecule has 0 spiro atoms. The van der Waals surface area contributed by atoms with Crippen LogP contribution in [0.5, 0.6) is 0 Å². The van der Waals surface area contributed by atoms with Crippen molar-refractivity contribution in [2.45, 2.75) is 6.18 Å². The van der Waals surface area contributed by atoms with E-state index in [0.29, 0.717) is 5.76 Å². The second kappa shape index (κ2) is 3.70. The van der Waals surface area contributed by atoms with Gasteiger partial charge in [-0.25, -0.2) is 0 Å². The highest BCUT2D eigenvalue weighted by molar-refractivity contribution is 5.63. The molecule has 0 bridgehead atoms. The largest absolute Gasteiger partial charge is 0.461 e. The highest BCUT2D eigenvalue weighted by atomic mass is 19.4. The lowest BCUT2D eigenvalue weighted by atomic mass is 10.1. The van der Waals surface area contributed by atoms with Gasteiger partial charge in [-0.05, 0) is 18.2 Å². The van der Waals surface area contributed by atoms with Crippen LogP contribution in [0.2, 0.25) is 0 Å². The van der Waals surface area contributed by atoms with E-state index in [1.807, 2.05) is 0 Å². The molecule has 1 aromatic carbocycles. The van der Waals surface area contributed by atoms with Crippen molar-refractivity contribution in [1.82, 2.24) is 0 Å². The van der Waals surface area contributed by atoms with Gasteiger partial charge < -0.3 is 4.42 Å². The maximum absolute atomic E-state index is 12.7. The molecule has 2 rings (SSSR count). The standard InChI is InChI=1S/C12H8F3O/c1-8-6-7-11(16-8)9-4-2-3-5-10(9)12(13,14)15/h2-7H,1H2. The van der Waals surface area contributed by atoms with Gasteiger partial charge in [-0.15, -0.1) is 0 Å². The van der Waals surface area contributed by atoms with E-state index in [9.17, 15) is 13.2 Å². The lowest BCUT2D eigenvalue weighted by Crippen LogP contribution is -2.06. The van der Waals surface area contributed by atoms with Crippen molar-refractivity contribution in [3.8, 4) is 11.3 Å². The summed E-state index contributed by atoms with van der Waals surface area (Å²) in [7, 11) is 0. The SMILES string of the molecule is [CH2]c1ccc(-c2ccccc2C(F)(F)F)o1. The Hall–Kier alpha value is -1.71. The van der Waals surface area contributed by atoms with Crippen molar-refractivity contribution in [3.05, 3.63) is 54.6 Å². The molecule has 0 atom stereocenters. The summed E-state index contributed by atoms with van der Waals surface area (Å²) in [5, 5.41) is 0. The number of halogens is 3. The molecule has 0 saturated carbocycles. The van der Waals surface area contributed by atoms with Crippen LogP contribution in [0.1, 0.15) is 11.3 Å². The van der Waals surface area contributed by atoms with E-state index in [2.05, 4.69) is 6.92 Å². The number of rotatable bonds is 1. The smallest absolute Gasteiger partial charge is 0.417 e. The Kier molecular flexibility index (Phi) is 2.50. The van der Waals surface area contributed by atoms with Crippen LogP contribution in [0, 0.1) is 6.92 Å². The molecule has 83 valence electrons. The van der Waals surface area contributed by atoms with Gasteiger partial charge in [0, 0.05) is 12.5 Å². The predicted octanol–water partition coefficient (Wildman–Crippen LogP) is 4.15. The molecule has 0 unspecified atom stereocenters. The lowest BCUT2D eigenvalue weighted by molar-refractivity contribution is -0.137. The van der Waals surface area contributed by atoms with Gasteiger partial charge in [0.25, 0.3) is 0 Å². The van der Waals surface area contributed by atoms with Gasteiger partial charge in [-0.1, -0.05) is 18.2 Å². The van der Waals surface area contributed by atoms with Gasteiger partial charge in [-0.3, -0.25) is 0 Å². The first-order valence-corrected chi connectivity index (χ1v) is 4.57. The number of alkyl halides is 3. The topological polar surface area (TPSA) is 13.1 Å². The molecule has 1 nitrogen and oxygen atoms in total. The van der Waals surface area contributed by atoms with Gasteiger partial charge in [0.1, 0.15) is 11.5 Å². The zero-order chi connectivity index (χ0) is 11.8. The Bertz CT molecular complexity index is 497. The molecule has 0 aliphatic carbocycles. The summed E-state index contributed by atoms with van der Waals surface area (Å²) in [5.74, 6) is 0.518. The summed E-state index contributed by atoms with van der Waals surface area (Å²) in [6.07, 6.45) is -4.38. The van der Waals surface area contributed by atoms with E-state index >= 15 is 0 Å². The van der Waals surface area contributed by atoms with E-state index in [1.165, 1.54) is 30.3 Å². The summed E-state index contributed by atoms with van der Waals surface area (Å²) in [5.41, 5.74) is -0.672.